The SMILES string of the molecule is CN(C)C(N)=NCC(=O)Nc1cc2c(c(N(C)C)c1)CC1CC3[C@H](N(C)C)C(=O)C(C(N)=O)C(=O)[C@@]3(O)C(=O)C1C2=O. The molecule has 2 fully saturated rings. The second-order valence-corrected chi connectivity index (χ2v) is 11.8. The molecule has 226 valence electrons. The Morgan fingerprint density at radius 1 is 1.05 bits per heavy atom. The number of hydrogen-bond donors (Lipinski definition) is 4. The van der Waals surface area contributed by atoms with Crippen molar-refractivity contribution in [3.63, 3.8) is 0 Å². The molecule has 2 saturated carbocycles. The normalized spacial score (nSPS) is 29.0. The lowest BCUT2D eigenvalue weighted by atomic mass is 9.52. The molecule has 4 unspecified atom stereocenters. The van der Waals surface area contributed by atoms with E-state index in [9.17, 15) is 33.9 Å². The van der Waals surface area contributed by atoms with Crippen molar-refractivity contribution in [1.82, 2.24) is 9.80 Å². The Morgan fingerprint density at radius 3 is 2.24 bits per heavy atom. The third kappa shape index (κ3) is 4.83. The summed E-state index contributed by atoms with van der Waals surface area (Å²) < 4.78 is 0. The Hall–Kier alpha value is -4.17. The summed E-state index contributed by atoms with van der Waals surface area (Å²) >= 11 is 0. The van der Waals surface area contributed by atoms with Gasteiger partial charge in [0.2, 0.25) is 11.8 Å². The van der Waals surface area contributed by atoms with Gasteiger partial charge in [-0.05, 0) is 50.6 Å². The van der Waals surface area contributed by atoms with E-state index in [4.69, 9.17) is 11.5 Å². The molecule has 6 N–H and O–H groups in total. The number of aliphatic hydroxyl groups is 1. The zero-order valence-corrected chi connectivity index (χ0v) is 24.5. The van der Waals surface area contributed by atoms with Crippen molar-refractivity contribution < 1.29 is 33.9 Å². The largest absolute Gasteiger partial charge is 0.377 e. The van der Waals surface area contributed by atoms with Crippen molar-refractivity contribution in [1.29, 1.82) is 0 Å². The number of likely N-dealkylation sites (N-methyl/N-ethyl adjacent to an activating group) is 1. The van der Waals surface area contributed by atoms with Gasteiger partial charge in [0, 0.05) is 51.0 Å². The molecule has 42 heavy (non-hydrogen) atoms. The van der Waals surface area contributed by atoms with Crippen LogP contribution in [0.1, 0.15) is 22.3 Å². The number of hydrogen-bond acceptors (Lipinski definition) is 10. The van der Waals surface area contributed by atoms with Gasteiger partial charge in [-0.3, -0.25) is 33.7 Å². The van der Waals surface area contributed by atoms with Crippen molar-refractivity contribution in [3.05, 3.63) is 23.3 Å². The van der Waals surface area contributed by atoms with E-state index in [-0.39, 0.29) is 36.6 Å². The number of nitrogens with one attached hydrogen (secondary N) is 1. The number of guanidine groups is 1. The van der Waals surface area contributed by atoms with Crippen LogP contribution in [-0.2, 0) is 30.4 Å². The summed E-state index contributed by atoms with van der Waals surface area (Å²) in [7, 11) is 10.0. The first-order valence-corrected chi connectivity index (χ1v) is 13.5. The maximum Gasteiger partial charge on any atom is 0.246 e. The van der Waals surface area contributed by atoms with E-state index in [1.54, 1.807) is 58.2 Å². The van der Waals surface area contributed by atoms with Gasteiger partial charge < -0.3 is 31.7 Å². The lowest BCUT2D eigenvalue weighted by molar-refractivity contribution is -0.181. The van der Waals surface area contributed by atoms with Gasteiger partial charge in [0.25, 0.3) is 0 Å². The fraction of sp³-hybridized carbons (Fsp3) is 0.536. The monoisotopic (exact) mass is 583 g/mol. The van der Waals surface area contributed by atoms with Crippen LogP contribution in [0.4, 0.5) is 11.4 Å². The van der Waals surface area contributed by atoms with E-state index in [1.165, 1.54) is 11.0 Å². The molecule has 0 bridgehead atoms. The summed E-state index contributed by atoms with van der Waals surface area (Å²) in [5.41, 5.74) is 10.1. The third-order valence-corrected chi connectivity index (χ3v) is 8.51. The number of aliphatic imine (C=N–C) groups is 1. The van der Waals surface area contributed by atoms with Crippen LogP contribution in [0, 0.1) is 23.7 Å². The summed E-state index contributed by atoms with van der Waals surface area (Å²) in [6, 6.07) is 2.03. The maximum atomic E-state index is 14.0. The quantitative estimate of drug-likeness (QED) is 0.164. The number of Topliss-reactive ketones (excluding diaryl/α,β-unsaturated/α-hetero) is 4. The second kappa shape index (κ2) is 10.9. The number of nitrogens with zero attached hydrogens (tertiary/aromatic N) is 4. The number of carbonyl (C=O) groups excluding carboxylic acids is 6. The van der Waals surface area contributed by atoms with Gasteiger partial charge in [-0.25, -0.2) is 4.99 Å². The molecule has 1 aromatic rings. The van der Waals surface area contributed by atoms with Crippen LogP contribution in [0.5, 0.6) is 0 Å². The zero-order valence-electron chi connectivity index (χ0n) is 24.5. The smallest absolute Gasteiger partial charge is 0.246 e. The number of amides is 2. The van der Waals surface area contributed by atoms with Gasteiger partial charge in [-0.2, -0.15) is 0 Å². The van der Waals surface area contributed by atoms with Gasteiger partial charge in [0.15, 0.2) is 40.6 Å². The minimum atomic E-state index is -2.74. The molecule has 0 aromatic heterocycles. The summed E-state index contributed by atoms with van der Waals surface area (Å²) in [5.74, 6) is -10.5. The van der Waals surface area contributed by atoms with Crippen molar-refractivity contribution in [2.24, 2.45) is 40.1 Å². The minimum Gasteiger partial charge on any atom is -0.377 e. The van der Waals surface area contributed by atoms with Crippen molar-refractivity contribution in [2.75, 3.05) is 59.0 Å². The van der Waals surface area contributed by atoms with E-state index in [2.05, 4.69) is 10.3 Å². The first-order valence-electron chi connectivity index (χ1n) is 13.5. The van der Waals surface area contributed by atoms with Gasteiger partial charge in [-0.1, -0.05) is 0 Å². The molecule has 0 spiro atoms. The number of rotatable bonds is 6. The predicted octanol–water partition coefficient (Wildman–Crippen LogP) is -1.96. The lowest BCUT2D eigenvalue weighted by Gasteiger charge is -2.52. The Morgan fingerprint density at radius 2 is 1.69 bits per heavy atom. The number of nitrogens with two attached hydrogens (primary N) is 2. The Bertz CT molecular complexity index is 1420. The third-order valence-electron chi connectivity index (χ3n) is 8.51. The molecular formula is C28H37N7O7. The van der Waals surface area contributed by atoms with Crippen LogP contribution in [0.25, 0.3) is 0 Å². The Labute approximate surface area is 243 Å². The van der Waals surface area contributed by atoms with Gasteiger partial charge in [0.1, 0.15) is 6.54 Å². The summed E-state index contributed by atoms with van der Waals surface area (Å²) in [6.07, 6.45) is 0.262. The van der Waals surface area contributed by atoms with E-state index in [1.807, 2.05) is 0 Å². The molecule has 14 nitrogen and oxygen atoms in total. The molecule has 14 heteroatoms. The molecule has 0 saturated heterocycles. The topological polar surface area (TPSA) is 209 Å². The number of anilines is 2. The van der Waals surface area contributed by atoms with Crippen LogP contribution in [0.2, 0.25) is 0 Å². The highest BCUT2D eigenvalue weighted by Crippen LogP contribution is 2.51. The van der Waals surface area contributed by atoms with Gasteiger partial charge >= 0.3 is 0 Å². The molecule has 2 amide bonds. The van der Waals surface area contributed by atoms with Crippen molar-refractivity contribution >= 4 is 52.3 Å². The molecular weight excluding hydrogens is 546 g/mol. The van der Waals surface area contributed by atoms with Gasteiger partial charge in [0.05, 0.1) is 12.0 Å². The van der Waals surface area contributed by atoms with Crippen LogP contribution >= 0.6 is 0 Å². The Kier molecular flexibility index (Phi) is 8.00. The fourth-order valence-electron chi connectivity index (χ4n) is 6.55. The number of ketones is 4. The number of benzene rings is 1. The molecule has 0 radical (unpaired) electrons. The lowest BCUT2D eigenvalue weighted by Crippen LogP contribution is -2.74. The standard InChI is InChI=1S/C28H37N7O7/c1-33(2)17-10-13(32-18(36)11-31-27(30)35(5)6)9-15-14(17)7-12-8-16-21(34(3)4)23(38)20(26(29)41)25(40)28(16,42)24(39)19(12)22(15)37/h9-10,12,16,19-21,42H,7-8,11H2,1-6H3,(H2,29,41)(H2,30,31)(H,32,36)/t12?,16?,19?,20?,21-,28-/m0/s1. The minimum absolute atomic E-state index is 0.0144. The summed E-state index contributed by atoms with van der Waals surface area (Å²) in [5, 5.41) is 14.4. The van der Waals surface area contributed by atoms with Crippen molar-refractivity contribution in [2.45, 2.75) is 24.5 Å². The van der Waals surface area contributed by atoms with E-state index in [0.29, 0.717) is 11.3 Å². The number of carbonyl (C=O) groups is 6. The average molecular weight is 584 g/mol. The van der Waals surface area contributed by atoms with Crippen LogP contribution in [0.15, 0.2) is 17.1 Å². The second-order valence-electron chi connectivity index (χ2n) is 11.8. The first kappa shape index (κ1) is 30.8. The summed E-state index contributed by atoms with van der Waals surface area (Å²) in [6.45, 7) is -0.265. The number of primary amides is 1. The predicted molar refractivity (Wildman–Crippen MR) is 153 cm³/mol. The molecule has 3 aliphatic rings. The van der Waals surface area contributed by atoms with E-state index >= 15 is 0 Å². The molecule has 1 aromatic carbocycles. The first-order chi connectivity index (χ1) is 19.5. The molecule has 3 aliphatic carbocycles. The van der Waals surface area contributed by atoms with E-state index < -0.39 is 70.3 Å². The molecule has 0 aliphatic heterocycles. The average Bonchev–Trinajstić information content (AvgIpc) is 2.89. The highest BCUT2D eigenvalue weighted by molar-refractivity contribution is 6.32. The molecule has 4 rings (SSSR count). The fourth-order valence-corrected chi connectivity index (χ4v) is 6.55. The van der Waals surface area contributed by atoms with E-state index in [0.717, 1.165) is 0 Å². The van der Waals surface area contributed by atoms with Crippen LogP contribution < -0.4 is 21.7 Å². The van der Waals surface area contributed by atoms with Gasteiger partial charge in [-0.15, -0.1) is 0 Å². The highest BCUT2D eigenvalue weighted by atomic mass is 16.3. The van der Waals surface area contributed by atoms with Crippen LogP contribution in [-0.4, -0.2) is 116 Å². The highest BCUT2D eigenvalue weighted by Gasteiger charge is 2.69. The Balaban J connectivity index is 1.76. The maximum absolute atomic E-state index is 14.0. The van der Waals surface area contributed by atoms with Crippen molar-refractivity contribution in [3.8, 4) is 0 Å². The number of fused-ring (bicyclic) bond motifs is 3. The zero-order chi connectivity index (χ0) is 31.4. The summed E-state index contributed by atoms with van der Waals surface area (Å²) in [4.78, 5) is 88.1. The molecule has 0 heterocycles. The molecule has 6 atom stereocenters. The van der Waals surface area contributed by atoms with Crippen LogP contribution in [0.3, 0.4) is 0 Å².